The lowest BCUT2D eigenvalue weighted by Gasteiger charge is -2.32. The van der Waals surface area contributed by atoms with E-state index in [1.165, 1.54) is 17.0 Å². The number of hydrogen-bond donors (Lipinski definition) is 1. The average Bonchev–Trinajstić information content (AvgIpc) is 2.96. The Balaban J connectivity index is 2.04. The minimum absolute atomic E-state index is 0.000262. The van der Waals surface area contributed by atoms with Crippen molar-refractivity contribution < 1.29 is 22.7 Å². The maximum atomic E-state index is 14.0. The number of nitrogens with zero attached hydrogens (tertiary/aromatic N) is 2. The first-order chi connectivity index (χ1) is 19.9. The van der Waals surface area contributed by atoms with Gasteiger partial charge in [-0.1, -0.05) is 52.1 Å². The van der Waals surface area contributed by atoms with Crippen LogP contribution in [0.1, 0.15) is 39.7 Å². The van der Waals surface area contributed by atoms with Crippen LogP contribution in [0.4, 0.5) is 5.69 Å². The second kappa shape index (κ2) is 15.1. The lowest BCUT2D eigenvalue weighted by atomic mass is 10.1. The van der Waals surface area contributed by atoms with Crippen molar-refractivity contribution >= 4 is 66.7 Å². The van der Waals surface area contributed by atoms with Gasteiger partial charge in [0.05, 0.1) is 27.2 Å². The predicted molar refractivity (Wildman–Crippen MR) is 171 cm³/mol. The molecule has 42 heavy (non-hydrogen) atoms. The zero-order valence-electron chi connectivity index (χ0n) is 23.8. The summed E-state index contributed by atoms with van der Waals surface area (Å²) in [5, 5.41) is 3.55. The first-order valence-electron chi connectivity index (χ1n) is 13.4. The largest absolute Gasteiger partial charge is 0.494 e. The monoisotopic (exact) mass is 697 g/mol. The van der Waals surface area contributed by atoms with E-state index >= 15 is 0 Å². The number of halogens is 3. The lowest BCUT2D eigenvalue weighted by Crippen LogP contribution is -2.52. The van der Waals surface area contributed by atoms with Gasteiger partial charge in [0.1, 0.15) is 18.3 Å². The highest BCUT2D eigenvalue weighted by atomic mass is 79.9. The minimum atomic E-state index is -4.19. The van der Waals surface area contributed by atoms with Gasteiger partial charge in [0.25, 0.3) is 10.0 Å². The summed E-state index contributed by atoms with van der Waals surface area (Å²) in [7, 11) is -4.19. The number of anilines is 1. The molecule has 0 aliphatic heterocycles. The van der Waals surface area contributed by atoms with Gasteiger partial charge in [-0.05, 0) is 93.4 Å². The molecule has 0 heterocycles. The van der Waals surface area contributed by atoms with Crippen molar-refractivity contribution in [2.24, 2.45) is 0 Å². The molecule has 1 N–H and O–H groups in total. The Bertz CT molecular complexity index is 1490. The van der Waals surface area contributed by atoms with Gasteiger partial charge in [0.15, 0.2) is 0 Å². The summed E-state index contributed by atoms with van der Waals surface area (Å²) in [5.41, 5.74) is 0.894. The predicted octanol–water partition coefficient (Wildman–Crippen LogP) is 6.68. The molecule has 0 aliphatic carbocycles. The molecule has 2 amide bonds. The van der Waals surface area contributed by atoms with Crippen LogP contribution in [0.25, 0.3) is 0 Å². The maximum absolute atomic E-state index is 14.0. The number of carbonyl (C=O) groups is 2. The van der Waals surface area contributed by atoms with E-state index in [1.807, 2.05) is 20.8 Å². The van der Waals surface area contributed by atoms with E-state index in [-0.39, 0.29) is 29.1 Å². The molecule has 3 rings (SSSR count). The highest BCUT2D eigenvalue weighted by Crippen LogP contribution is 2.28. The number of amides is 2. The molecule has 0 bridgehead atoms. The second-order valence-corrected chi connectivity index (χ2v) is 13.2. The van der Waals surface area contributed by atoms with Crippen molar-refractivity contribution in [3.05, 3.63) is 86.8 Å². The van der Waals surface area contributed by atoms with Crippen molar-refractivity contribution in [3.8, 4) is 5.75 Å². The summed E-state index contributed by atoms with van der Waals surface area (Å²) in [6, 6.07) is 16.5. The number of benzene rings is 3. The molecule has 0 saturated heterocycles. The molecule has 12 heteroatoms. The molecule has 8 nitrogen and oxygen atoms in total. The SMILES string of the molecule is CCOc1ccc(N(CC(=O)N(Cc2ccc(Cl)c(Cl)c2)[C@@H](C)C(=O)N[C@H](C)CC)S(=O)(=O)c2ccc(Br)cc2)cc1. The molecule has 0 aliphatic rings. The zero-order valence-corrected chi connectivity index (χ0v) is 27.7. The molecule has 0 aromatic heterocycles. The molecule has 0 unspecified atom stereocenters. The van der Waals surface area contributed by atoms with Gasteiger partial charge in [-0.3, -0.25) is 13.9 Å². The van der Waals surface area contributed by atoms with Crippen LogP contribution in [0.5, 0.6) is 5.75 Å². The molecular weight excluding hydrogens is 665 g/mol. The summed E-state index contributed by atoms with van der Waals surface area (Å²) in [6.45, 7) is 7.15. The van der Waals surface area contributed by atoms with Gasteiger partial charge in [-0.15, -0.1) is 0 Å². The Labute approximate surface area is 266 Å². The van der Waals surface area contributed by atoms with Crippen molar-refractivity contribution in [1.82, 2.24) is 10.2 Å². The Kier molecular flexibility index (Phi) is 12.1. The highest BCUT2D eigenvalue weighted by Gasteiger charge is 2.33. The van der Waals surface area contributed by atoms with Crippen LogP contribution in [-0.2, 0) is 26.2 Å². The first kappa shape index (κ1) is 33.7. The number of hydrogen-bond acceptors (Lipinski definition) is 5. The molecule has 3 aromatic rings. The number of carbonyl (C=O) groups excluding carboxylic acids is 2. The standard InChI is InChI=1S/C30H34BrCl2N3O5S/c1-5-20(3)34-30(38)21(4)35(18-22-7-16-27(32)28(33)17-22)29(37)19-36(24-10-12-25(13-11-24)41-6-2)42(39,40)26-14-8-23(31)9-15-26/h7-17,20-21H,5-6,18-19H2,1-4H3,(H,34,38)/t20-,21+/m1/s1. The summed E-state index contributed by atoms with van der Waals surface area (Å²) in [4.78, 5) is 28.6. The van der Waals surface area contributed by atoms with Crippen molar-refractivity contribution in [3.63, 3.8) is 0 Å². The number of sulfonamides is 1. The second-order valence-electron chi connectivity index (χ2n) is 9.66. The summed E-state index contributed by atoms with van der Waals surface area (Å²) >= 11 is 15.6. The molecule has 2 atom stereocenters. The van der Waals surface area contributed by atoms with Crippen LogP contribution >= 0.6 is 39.1 Å². The minimum Gasteiger partial charge on any atom is -0.494 e. The van der Waals surface area contributed by atoms with Crippen LogP contribution in [0.2, 0.25) is 10.0 Å². The fourth-order valence-corrected chi connectivity index (χ4v) is 6.02. The summed E-state index contributed by atoms with van der Waals surface area (Å²) in [5.74, 6) is -0.381. The fraction of sp³-hybridized carbons (Fsp3) is 0.333. The van der Waals surface area contributed by atoms with Crippen LogP contribution < -0.4 is 14.4 Å². The maximum Gasteiger partial charge on any atom is 0.264 e. The smallest absolute Gasteiger partial charge is 0.264 e. The average molecular weight is 699 g/mol. The third-order valence-electron chi connectivity index (χ3n) is 6.62. The Morgan fingerprint density at radius 2 is 1.60 bits per heavy atom. The normalized spacial score (nSPS) is 12.7. The molecule has 3 aromatic carbocycles. The zero-order chi connectivity index (χ0) is 31.0. The van der Waals surface area contributed by atoms with Gasteiger partial charge in [0.2, 0.25) is 11.8 Å². The Morgan fingerprint density at radius 3 is 2.17 bits per heavy atom. The number of nitrogens with one attached hydrogen (secondary N) is 1. The lowest BCUT2D eigenvalue weighted by molar-refractivity contribution is -0.139. The van der Waals surface area contributed by atoms with E-state index in [9.17, 15) is 18.0 Å². The van der Waals surface area contributed by atoms with Gasteiger partial charge >= 0.3 is 0 Å². The van der Waals surface area contributed by atoms with Gasteiger partial charge in [-0.2, -0.15) is 0 Å². The number of ether oxygens (including phenoxy) is 1. The molecular formula is C30H34BrCl2N3O5S. The van der Waals surface area contributed by atoms with E-state index in [0.29, 0.717) is 38.9 Å². The van der Waals surface area contributed by atoms with Crippen LogP contribution in [-0.4, -0.2) is 50.4 Å². The number of rotatable bonds is 13. The van der Waals surface area contributed by atoms with Crippen molar-refractivity contribution in [2.45, 2.75) is 57.6 Å². The van der Waals surface area contributed by atoms with E-state index in [4.69, 9.17) is 27.9 Å². The van der Waals surface area contributed by atoms with E-state index in [0.717, 1.165) is 4.31 Å². The summed E-state index contributed by atoms with van der Waals surface area (Å²) in [6.07, 6.45) is 0.705. The molecule has 0 spiro atoms. The third-order valence-corrected chi connectivity index (χ3v) is 9.68. The summed E-state index contributed by atoms with van der Waals surface area (Å²) < 4.78 is 35.1. The van der Waals surface area contributed by atoms with Gasteiger partial charge in [0, 0.05) is 17.1 Å². The molecule has 226 valence electrons. The van der Waals surface area contributed by atoms with E-state index < -0.39 is 28.5 Å². The van der Waals surface area contributed by atoms with Gasteiger partial charge in [-0.25, -0.2) is 8.42 Å². The van der Waals surface area contributed by atoms with Crippen molar-refractivity contribution in [2.75, 3.05) is 17.5 Å². The third kappa shape index (κ3) is 8.63. The fourth-order valence-electron chi connectivity index (χ4n) is 4.02. The van der Waals surface area contributed by atoms with Crippen LogP contribution in [0, 0.1) is 0 Å². The first-order valence-corrected chi connectivity index (χ1v) is 16.4. The highest BCUT2D eigenvalue weighted by molar-refractivity contribution is 9.10. The van der Waals surface area contributed by atoms with E-state index in [1.54, 1.807) is 61.5 Å². The van der Waals surface area contributed by atoms with Crippen LogP contribution in [0.15, 0.2) is 76.1 Å². The Hall–Kier alpha value is -2.79. The van der Waals surface area contributed by atoms with Crippen molar-refractivity contribution in [1.29, 1.82) is 0 Å². The topological polar surface area (TPSA) is 96.0 Å². The van der Waals surface area contributed by atoms with Crippen LogP contribution in [0.3, 0.4) is 0 Å². The molecule has 0 radical (unpaired) electrons. The molecule has 0 saturated carbocycles. The van der Waals surface area contributed by atoms with E-state index in [2.05, 4.69) is 21.2 Å². The quantitative estimate of drug-likeness (QED) is 0.215. The Morgan fingerprint density at radius 1 is 0.952 bits per heavy atom. The molecule has 0 fully saturated rings. The van der Waals surface area contributed by atoms with Gasteiger partial charge < -0.3 is 15.0 Å².